The van der Waals surface area contributed by atoms with E-state index in [9.17, 15) is 5.11 Å². The molecule has 0 unspecified atom stereocenters. The molecular formula is C12H19NOS. The Morgan fingerprint density at radius 1 is 1.33 bits per heavy atom. The molecule has 2 rings (SSSR count). The zero-order valence-electron chi connectivity index (χ0n) is 9.04. The Morgan fingerprint density at radius 3 is 2.73 bits per heavy atom. The maximum Gasteiger partial charge on any atom is 0.0613 e. The van der Waals surface area contributed by atoms with Gasteiger partial charge in [-0.05, 0) is 24.3 Å². The van der Waals surface area contributed by atoms with Gasteiger partial charge < -0.3 is 10.4 Å². The minimum atomic E-state index is 0.00222. The number of aliphatic hydroxyl groups excluding tert-OH is 1. The molecule has 1 aliphatic rings. The molecule has 2 N–H and O–H groups in total. The minimum absolute atomic E-state index is 0.00222. The van der Waals surface area contributed by atoms with Crippen molar-refractivity contribution in [2.45, 2.75) is 44.2 Å². The van der Waals surface area contributed by atoms with Crippen LogP contribution in [0, 0.1) is 0 Å². The maximum atomic E-state index is 9.51. The lowest BCUT2D eigenvalue weighted by atomic mass is 9.82. The van der Waals surface area contributed by atoms with E-state index < -0.39 is 0 Å². The first-order chi connectivity index (χ1) is 7.35. The molecule has 0 amide bonds. The van der Waals surface area contributed by atoms with Crippen LogP contribution in [0.3, 0.4) is 0 Å². The molecule has 84 valence electrons. The Balaban J connectivity index is 1.89. The van der Waals surface area contributed by atoms with Gasteiger partial charge in [-0.15, -0.1) is 11.3 Å². The molecule has 0 spiro atoms. The van der Waals surface area contributed by atoms with Gasteiger partial charge in [-0.2, -0.15) is 0 Å². The fraction of sp³-hybridized carbons (Fsp3) is 0.667. The van der Waals surface area contributed by atoms with Crippen LogP contribution in [-0.4, -0.2) is 17.3 Å². The van der Waals surface area contributed by atoms with Crippen molar-refractivity contribution < 1.29 is 5.11 Å². The second-order valence-corrected chi connectivity index (χ2v) is 5.46. The highest BCUT2D eigenvalue weighted by Crippen LogP contribution is 2.28. The van der Waals surface area contributed by atoms with E-state index in [4.69, 9.17) is 0 Å². The van der Waals surface area contributed by atoms with Gasteiger partial charge in [-0.25, -0.2) is 0 Å². The van der Waals surface area contributed by atoms with Crippen molar-refractivity contribution in [3.8, 4) is 0 Å². The smallest absolute Gasteiger partial charge is 0.0613 e. The number of hydrogen-bond donors (Lipinski definition) is 2. The summed E-state index contributed by atoms with van der Waals surface area (Å²) >= 11 is 1.78. The summed E-state index contributed by atoms with van der Waals surface area (Å²) in [4.78, 5) is 1.35. The van der Waals surface area contributed by atoms with E-state index >= 15 is 0 Å². The number of nitrogens with one attached hydrogen (secondary N) is 1. The van der Waals surface area contributed by atoms with Crippen LogP contribution in [0.5, 0.6) is 0 Å². The van der Waals surface area contributed by atoms with Crippen LogP contribution in [0.25, 0.3) is 0 Å². The largest absolute Gasteiger partial charge is 0.394 e. The van der Waals surface area contributed by atoms with Crippen LogP contribution in [0.4, 0.5) is 0 Å². The molecule has 1 aromatic rings. The molecule has 1 aromatic heterocycles. The standard InChI is InChI=1S/C12H19NOS/c14-10-12(6-2-1-3-7-12)13-9-11-5-4-8-15-11/h4-5,8,13-14H,1-3,6-7,9-10H2. The monoisotopic (exact) mass is 225 g/mol. The van der Waals surface area contributed by atoms with Crippen LogP contribution in [-0.2, 0) is 6.54 Å². The highest BCUT2D eigenvalue weighted by molar-refractivity contribution is 7.09. The number of thiophene rings is 1. The van der Waals surface area contributed by atoms with Crippen LogP contribution < -0.4 is 5.32 Å². The van der Waals surface area contributed by atoms with Gasteiger partial charge in [0.1, 0.15) is 0 Å². The fourth-order valence-electron chi connectivity index (χ4n) is 2.31. The molecule has 1 heterocycles. The summed E-state index contributed by atoms with van der Waals surface area (Å²) in [6.07, 6.45) is 6.06. The van der Waals surface area contributed by atoms with Gasteiger partial charge in [0.2, 0.25) is 0 Å². The molecule has 0 aliphatic heterocycles. The van der Waals surface area contributed by atoms with Crippen molar-refractivity contribution in [2.24, 2.45) is 0 Å². The predicted molar refractivity (Wildman–Crippen MR) is 64.1 cm³/mol. The fourth-order valence-corrected chi connectivity index (χ4v) is 2.95. The topological polar surface area (TPSA) is 32.3 Å². The molecule has 0 saturated heterocycles. The molecule has 3 heteroatoms. The van der Waals surface area contributed by atoms with E-state index in [0.717, 1.165) is 19.4 Å². The van der Waals surface area contributed by atoms with Crippen LogP contribution in [0.1, 0.15) is 37.0 Å². The van der Waals surface area contributed by atoms with Gasteiger partial charge in [0.05, 0.1) is 6.61 Å². The Bertz CT molecular complexity index is 278. The van der Waals surface area contributed by atoms with Gasteiger partial charge >= 0.3 is 0 Å². The number of aliphatic hydroxyl groups is 1. The third-order valence-electron chi connectivity index (χ3n) is 3.33. The Morgan fingerprint density at radius 2 is 2.13 bits per heavy atom. The second-order valence-electron chi connectivity index (χ2n) is 4.43. The maximum absolute atomic E-state index is 9.51. The van der Waals surface area contributed by atoms with Crippen molar-refractivity contribution in [2.75, 3.05) is 6.61 Å². The van der Waals surface area contributed by atoms with Gasteiger partial charge in [0.15, 0.2) is 0 Å². The lowest BCUT2D eigenvalue weighted by molar-refractivity contribution is 0.120. The number of rotatable bonds is 4. The summed E-state index contributed by atoms with van der Waals surface area (Å²) in [7, 11) is 0. The highest BCUT2D eigenvalue weighted by atomic mass is 32.1. The zero-order chi connectivity index (χ0) is 10.6. The second kappa shape index (κ2) is 5.10. The Hall–Kier alpha value is -0.380. The Labute approximate surface area is 95.3 Å². The van der Waals surface area contributed by atoms with Gasteiger partial charge in [-0.3, -0.25) is 0 Å². The average Bonchev–Trinajstić information content (AvgIpc) is 2.81. The molecule has 1 aliphatic carbocycles. The lowest BCUT2D eigenvalue weighted by Gasteiger charge is -2.36. The van der Waals surface area contributed by atoms with Crippen LogP contribution in [0.2, 0.25) is 0 Å². The van der Waals surface area contributed by atoms with E-state index in [1.807, 2.05) is 0 Å². The van der Waals surface area contributed by atoms with Crippen molar-refractivity contribution in [3.05, 3.63) is 22.4 Å². The first-order valence-electron chi connectivity index (χ1n) is 5.73. The van der Waals surface area contributed by atoms with Crippen molar-refractivity contribution in [1.82, 2.24) is 5.32 Å². The summed E-state index contributed by atoms with van der Waals surface area (Å²) in [6, 6.07) is 4.22. The predicted octanol–water partition coefficient (Wildman–Crippen LogP) is 2.53. The van der Waals surface area contributed by atoms with E-state index in [-0.39, 0.29) is 12.1 Å². The van der Waals surface area contributed by atoms with Crippen LogP contribution >= 0.6 is 11.3 Å². The van der Waals surface area contributed by atoms with E-state index in [0.29, 0.717) is 0 Å². The van der Waals surface area contributed by atoms with E-state index in [1.165, 1.54) is 24.1 Å². The minimum Gasteiger partial charge on any atom is -0.394 e. The third-order valence-corrected chi connectivity index (χ3v) is 4.21. The molecule has 1 fully saturated rings. The zero-order valence-corrected chi connectivity index (χ0v) is 9.85. The summed E-state index contributed by atoms with van der Waals surface area (Å²) in [5, 5.41) is 15.2. The summed E-state index contributed by atoms with van der Waals surface area (Å²) in [5.41, 5.74) is 0.00222. The Kier molecular flexibility index (Phi) is 3.78. The van der Waals surface area contributed by atoms with Crippen molar-refractivity contribution in [3.63, 3.8) is 0 Å². The molecule has 2 nitrogen and oxygen atoms in total. The molecule has 0 atom stereocenters. The normalized spacial score (nSPS) is 20.3. The average molecular weight is 225 g/mol. The van der Waals surface area contributed by atoms with E-state index in [2.05, 4.69) is 22.8 Å². The van der Waals surface area contributed by atoms with Crippen molar-refractivity contribution in [1.29, 1.82) is 0 Å². The quantitative estimate of drug-likeness (QED) is 0.825. The lowest BCUT2D eigenvalue weighted by Crippen LogP contribution is -2.49. The first kappa shape index (κ1) is 11.1. The third kappa shape index (κ3) is 2.80. The van der Waals surface area contributed by atoms with Crippen molar-refractivity contribution >= 4 is 11.3 Å². The summed E-state index contributed by atoms with van der Waals surface area (Å²) in [6.45, 7) is 1.18. The van der Waals surface area contributed by atoms with E-state index in [1.54, 1.807) is 11.3 Å². The molecule has 15 heavy (non-hydrogen) atoms. The van der Waals surface area contributed by atoms with Crippen LogP contribution in [0.15, 0.2) is 17.5 Å². The van der Waals surface area contributed by atoms with Gasteiger partial charge in [-0.1, -0.05) is 25.3 Å². The SMILES string of the molecule is OCC1(NCc2cccs2)CCCCC1. The number of hydrogen-bond acceptors (Lipinski definition) is 3. The molecule has 1 saturated carbocycles. The summed E-state index contributed by atoms with van der Waals surface area (Å²) < 4.78 is 0. The molecule has 0 aromatic carbocycles. The highest BCUT2D eigenvalue weighted by Gasteiger charge is 2.30. The summed E-state index contributed by atoms with van der Waals surface area (Å²) in [5.74, 6) is 0. The molecule has 0 bridgehead atoms. The first-order valence-corrected chi connectivity index (χ1v) is 6.61. The molecular weight excluding hydrogens is 206 g/mol. The van der Waals surface area contributed by atoms with Gasteiger partial charge in [0.25, 0.3) is 0 Å². The molecule has 0 radical (unpaired) electrons. The van der Waals surface area contributed by atoms with Gasteiger partial charge in [0, 0.05) is 17.0 Å².